The number of anilines is 2. The lowest BCUT2D eigenvalue weighted by Crippen LogP contribution is -2.24. The summed E-state index contributed by atoms with van der Waals surface area (Å²) in [6, 6.07) is 17.2. The Morgan fingerprint density at radius 1 is 0.829 bits per heavy atom. The summed E-state index contributed by atoms with van der Waals surface area (Å²) in [6.45, 7) is 13.2. The molecule has 0 bridgehead atoms. The Kier molecular flexibility index (Phi) is 7.78. The van der Waals surface area contributed by atoms with Gasteiger partial charge in [-0.1, -0.05) is 12.1 Å². The normalized spacial score (nSPS) is 12.0. The zero-order chi connectivity index (χ0) is 29.4. The van der Waals surface area contributed by atoms with E-state index >= 15 is 0 Å². The van der Waals surface area contributed by atoms with Crippen LogP contribution < -0.4 is 10.6 Å². The summed E-state index contributed by atoms with van der Waals surface area (Å²) in [5.41, 5.74) is 12.7. The second-order valence-electron chi connectivity index (χ2n) is 10.6. The molecule has 0 aliphatic rings. The smallest absolute Gasteiger partial charge is 0.251 e. The van der Waals surface area contributed by atoms with Gasteiger partial charge >= 0.3 is 0 Å². The standard InChI is InChI=1S/C33H35N5O2S/c1-19-16-28(41(7)40)13-14-30(19)35-33-36-31-15-12-27(18-38(31)37-33)25-8-10-26(11-9-25)32(39)34-17-29-23(5)21(3)20(2)22(4)24(29)6/h8-16,18H,17H2,1-7H3,(H,34,39)(H,35,37). The van der Waals surface area contributed by atoms with Crippen LogP contribution in [0.1, 0.15) is 49.3 Å². The van der Waals surface area contributed by atoms with Gasteiger partial charge in [0.05, 0.1) is 0 Å². The van der Waals surface area contributed by atoms with Crippen LogP contribution in [-0.2, 0) is 17.3 Å². The second kappa shape index (κ2) is 11.3. The van der Waals surface area contributed by atoms with Crippen molar-refractivity contribution in [3.63, 3.8) is 0 Å². The molecule has 0 aliphatic carbocycles. The fraction of sp³-hybridized carbons (Fsp3) is 0.242. The van der Waals surface area contributed by atoms with Crippen molar-refractivity contribution in [1.29, 1.82) is 0 Å². The minimum atomic E-state index is -1.03. The molecule has 41 heavy (non-hydrogen) atoms. The Morgan fingerprint density at radius 3 is 2.10 bits per heavy atom. The summed E-state index contributed by atoms with van der Waals surface area (Å²) in [6.07, 6.45) is 3.59. The van der Waals surface area contributed by atoms with E-state index in [0.29, 0.717) is 23.7 Å². The number of pyridine rings is 1. The topological polar surface area (TPSA) is 88.4 Å². The Labute approximate surface area is 243 Å². The van der Waals surface area contributed by atoms with Gasteiger partial charge in [-0.15, -0.1) is 5.10 Å². The number of aryl methyl sites for hydroxylation is 1. The molecule has 1 amide bonds. The van der Waals surface area contributed by atoms with Crippen LogP contribution in [0.25, 0.3) is 16.8 Å². The zero-order valence-electron chi connectivity index (χ0n) is 24.5. The maximum absolute atomic E-state index is 13.0. The fourth-order valence-corrected chi connectivity index (χ4v) is 5.71. The van der Waals surface area contributed by atoms with Gasteiger partial charge in [0, 0.05) is 51.5 Å². The number of carbonyl (C=O) groups excluding carboxylic acids is 1. The van der Waals surface area contributed by atoms with Gasteiger partial charge in [-0.2, -0.15) is 4.98 Å². The molecule has 1 atom stereocenters. The van der Waals surface area contributed by atoms with E-state index in [1.54, 1.807) is 10.8 Å². The third-order valence-electron chi connectivity index (χ3n) is 8.17. The summed E-state index contributed by atoms with van der Waals surface area (Å²) >= 11 is 0. The summed E-state index contributed by atoms with van der Waals surface area (Å²) < 4.78 is 13.5. The molecule has 0 spiro atoms. The average molecular weight is 566 g/mol. The Balaban J connectivity index is 1.29. The van der Waals surface area contributed by atoms with Crippen LogP contribution in [0.3, 0.4) is 0 Å². The number of carbonyl (C=O) groups is 1. The van der Waals surface area contributed by atoms with Crippen molar-refractivity contribution in [3.05, 3.63) is 105 Å². The van der Waals surface area contributed by atoms with Gasteiger partial charge in [0.1, 0.15) is 0 Å². The number of rotatable bonds is 7. The molecule has 2 N–H and O–H groups in total. The molecule has 0 fully saturated rings. The summed E-state index contributed by atoms with van der Waals surface area (Å²) in [5, 5.41) is 11.0. The van der Waals surface area contributed by atoms with Crippen molar-refractivity contribution >= 4 is 34.0 Å². The highest BCUT2D eigenvalue weighted by Crippen LogP contribution is 2.27. The van der Waals surface area contributed by atoms with Crippen LogP contribution >= 0.6 is 0 Å². The van der Waals surface area contributed by atoms with Crippen molar-refractivity contribution < 1.29 is 9.00 Å². The zero-order valence-corrected chi connectivity index (χ0v) is 25.4. The van der Waals surface area contributed by atoms with Gasteiger partial charge in [0.25, 0.3) is 5.91 Å². The van der Waals surface area contributed by atoms with Gasteiger partial charge in [-0.05, 0) is 129 Å². The van der Waals surface area contributed by atoms with Crippen molar-refractivity contribution in [2.45, 2.75) is 53.0 Å². The van der Waals surface area contributed by atoms with Gasteiger partial charge in [0.2, 0.25) is 5.95 Å². The number of hydrogen-bond acceptors (Lipinski definition) is 5. The molecule has 210 valence electrons. The van der Waals surface area contributed by atoms with E-state index in [4.69, 9.17) is 0 Å². The lowest BCUT2D eigenvalue weighted by Gasteiger charge is -2.19. The third-order valence-corrected chi connectivity index (χ3v) is 9.09. The van der Waals surface area contributed by atoms with Crippen molar-refractivity contribution in [2.24, 2.45) is 0 Å². The summed E-state index contributed by atoms with van der Waals surface area (Å²) in [5.74, 6) is 0.384. The Bertz CT molecular complexity index is 1790. The number of hydrogen-bond donors (Lipinski definition) is 2. The molecule has 0 saturated heterocycles. The summed E-state index contributed by atoms with van der Waals surface area (Å²) in [4.78, 5) is 18.3. The van der Waals surface area contributed by atoms with E-state index in [2.05, 4.69) is 55.3 Å². The minimum absolute atomic E-state index is 0.0952. The maximum Gasteiger partial charge on any atom is 0.251 e. The molecule has 2 heterocycles. The van der Waals surface area contributed by atoms with Gasteiger partial charge in [0.15, 0.2) is 5.65 Å². The number of nitrogens with zero attached hydrogens (tertiary/aromatic N) is 3. The molecule has 1 unspecified atom stereocenters. The number of amides is 1. The fourth-order valence-electron chi connectivity index (χ4n) is 5.11. The molecule has 0 aliphatic heterocycles. The van der Waals surface area contributed by atoms with E-state index in [-0.39, 0.29) is 5.91 Å². The predicted octanol–water partition coefficient (Wildman–Crippen LogP) is 6.66. The largest absolute Gasteiger partial charge is 0.348 e. The van der Waals surface area contributed by atoms with E-state index in [0.717, 1.165) is 27.3 Å². The van der Waals surface area contributed by atoms with Crippen LogP contribution in [0.5, 0.6) is 0 Å². The van der Waals surface area contributed by atoms with Crippen molar-refractivity contribution in [2.75, 3.05) is 11.6 Å². The first-order chi connectivity index (χ1) is 19.5. The van der Waals surface area contributed by atoms with E-state index in [1.165, 1.54) is 33.4 Å². The van der Waals surface area contributed by atoms with Crippen molar-refractivity contribution in [3.8, 4) is 11.1 Å². The van der Waals surface area contributed by atoms with Crippen molar-refractivity contribution in [1.82, 2.24) is 19.9 Å². The van der Waals surface area contributed by atoms with Gasteiger partial charge in [-0.25, -0.2) is 4.52 Å². The van der Waals surface area contributed by atoms with Crippen LogP contribution in [0.2, 0.25) is 0 Å². The number of nitrogens with one attached hydrogen (secondary N) is 2. The third kappa shape index (κ3) is 5.65. The SMILES string of the molecule is Cc1cc(S(C)=O)ccc1Nc1nc2ccc(-c3ccc(C(=O)NCc4c(C)c(C)c(C)c(C)c4C)cc3)cn2n1. The van der Waals surface area contributed by atoms with Crippen LogP contribution in [0.4, 0.5) is 11.6 Å². The van der Waals surface area contributed by atoms with Gasteiger partial charge < -0.3 is 10.6 Å². The lowest BCUT2D eigenvalue weighted by atomic mass is 9.89. The highest BCUT2D eigenvalue weighted by Gasteiger charge is 2.14. The molecule has 8 heteroatoms. The first-order valence-corrected chi connectivity index (χ1v) is 15.1. The average Bonchev–Trinajstić information content (AvgIpc) is 3.37. The molecular weight excluding hydrogens is 530 g/mol. The first kappa shape index (κ1) is 28.2. The molecule has 5 aromatic rings. The molecule has 5 rings (SSSR count). The minimum Gasteiger partial charge on any atom is -0.348 e. The molecule has 3 aromatic carbocycles. The molecule has 0 saturated carbocycles. The maximum atomic E-state index is 13.0. The Morgan fingerprint density at radius 2 is 1.46 bits per heavy atom. The van der Waals surface area contributed by atoms with E-state index in [9.17, 15) is 9.00 Å². The summed E-state index contributed by atoms with van der Waals surface area (Å²) in [7, 11) is -1.03. The van der Waals surface area contributed by atoms with E-state index < -0.39 is 10.8 Å². The second-order valence-corrected chi connectivity index (χ2v) is 12.0. The van der Waals surface area contributed by atoms with Crippen LogP contribution in [-0.4, -0.2) is 31.0 Å². The molecule has 2 aromatic heterocycles. The Hall–Kier alpha value is -4.30. The quantitative estimate of drug-likeness (QED) is 0.230. The number of fused-ring (bicyclic) bond motifs is 1. The molecular formula is C33H35N5O2S. The van der Waals surface area contributed by atoms with E-state index in [1.807, 2.05) is 67.7 Å². The molecule has 0 radical (unpaired) electrons. The first-order valence-electron chi connectivity index (χ1n) is 13.6. The van der Waals surface area contributed by atoms with Crippen LogP contribution in [0.15, 0.2) is 65.7 Å². The highest BCUT2D eigenvalue weighted by molar-refractivity contribution is 7.84. The predicted molar refractivity (Wildman–Crippen MR) is 167 cm³/mol. The highest BCUT2D eigenvalue weighted by atomic mass is 32.2. The molecule has 7 nitrogen and oxygen atoms in total. The number of aromatic nitrogens is 3. The number of benzene rings is 3. The van der Waals surface area contributed by atoms with Crippen LogP contribution in [0, 0.1) is 41.5 Å². The monoisotopic (exact) mass is 565 g/mol. The van der Waals surface area contributed by atoms with Gasteiger partial charge in [-0.3, -0.25) is 9.00 Å². The lowest BCUT2D eigenvalue weighted by molar-refractivity contribution is 0.0951.